The maximum Gasteiger partial charge on any atom is 0.350 e. The lowest BCUT2D eigenvalue weighted by Crippen LogP contribution is -2.29. The first-order chi connectivity index (χ1) is 18.5. The highest BCUT2D eigenvalue weighted by molar-refractivity contribution is 9.10. The summed E-state index contributed by atoms with van der Waals surface area (Å²) in [6, 6.07) is 6.90. The molecule has 1 aromatic heterocycles. The number of aliphatic hydroxyl groups excluding tert-OH is 1. The number of aryl methyl sites for hydroxylation is 1. The molecule has 2 aliphatic heterocycles. The van der Waals surface area contributed by atoms with Crippen molar-refractivity contribution in [3.8, 4) is 17.2 Å². The van der Waals surface area contributed by atoms with E-state index in [1.165, 1.54) is 26.4 Å². The molecular formula is C27H23BrN2O8S. The number of carbonyl (C=O) groups is 3. The number of phenols is 1. The lowest BCUT2D eigenvalue weighted by Gasteiger charge is -2.24. The number of phenolic OH excluding ortho intramolecular Hbond substituents is 1. The Morgan fingerprint density at radius 1 is 1.23 bits per heavy atom. The molecule has 5 rings (SSSR count). The number of carbonyl (C=O) groups excluding carboxylic acids is 3. The first-order valence-corrected chi connectivity index (χ1v) is 13.4. The number of ether oxygens (including phenoxy) is 3. The zero-order valence-corrected chi connectivity index (χ0v) is 23.7. The second-order valence-electron chi connectivity index (χ2n) is 9.08. The monoisotopic (exact) mass is 614 g/mol. The third-order valence-corrected chi connectivity index (χ3v) is 8.30. The molecule has 1 saturated heterocycles. The van der Waals surface area contributed by atoms with Crippen molar-refractivity contribution in [2.24, 2.45) is 0 Å². The van der Waals surface area contributed by atoms with Crippen molar-refractivity contribution in [3.05, 3.63) is 67.6 Å². The molecule has 2 aliphatic rings. The highest BCUT2D eigenvalue weighted by Gasteiger charge is 2.49. The minimum atomic E-state index is -1.16. The molecule has 10 nitrogen and oxygen atoms in total. The Morgan fingerprint density at radius 3 is 2.67 bits per heavy atom. The maximum absolute atomic E-state index is 13.5. The van der Waals surface area contributed by atoms with Crippen LogP contribution in [-0.2, 0) is 20.7 Å². The highest BCUT2D eigenvalue weighted by Crippen LogP contribution is 2.47. The first kappa shape index (κ1) is 26.7. The predicted molar refractivity (Wildman–Crippen MR) is 146 cm³/mol. The number of halogens is 1. The van der Waals surface area contributed by atoms with Crippen LogP contribution in [0.25, 0.3) is 5.76 Å². The number of nitrogens with zero attached hydrogens (tertiary/aromatic N) is 2. The van der Waals surface area contributed by atoms with Crippen LogP contribution in [-0.4, -0.2) is 53.2 Å². The molecule has 12 heteroatoms. The summed E-state index contributed by atoms with van der Waals surface area (Å²) in [7, 11) is 2.60. The summed E-state index contributed by atoms with van der Waals surface area (Å²) in [4.78, 5) is 45.0. The molecule has 1 amide bonds. The Morgan fingerprint density at radius 2 is 1.97 bits per heavy atom. The van der Waals surface area contributed by atoms with Crippen molar-refractivity contribution >= 4 is 55.8 Å². The van der Waals surface area contributed by atoms with Gasteiger partial charge in [0.2, 0.25) is 0 Å². The average Bonchev–Trinajstić information content (AvgIpc) is 3.56. The molecule has 2 aromatic carbocycles. The lowest BCUT2D eigenvalue weighted by molar-refractivity contribution is -0.132. The fourth-order valence-electron chi connectivity index (χ4n) is 4.74. The van der Waals surface area contributed by atoms with Gasteiger partial charge in [-0.15, -0.1) is 0 Å². The van der Waals surface area contributed by atoms with Gasteiger partial charge in [0.05, 0.1) is 36.0 Å². The maximum atomic E-state index is 13.5. The SMILES string of the molecule is COC(=O)c1sc(N2C(=O)C(=O)C(=C(O)c3ccc4c(c3)C[C@@H](C)O4)[C@H]2c2cc(Br)c(O)c(OC)c2)nc1C. The van der Waals surface area contributed by atoms with Gasteiger partial charge in [0, 0.05) is 12.0 Å². The van der Waals surface area contributed by atoms with Gasteiger partial charge in [-0.1, -0.05) is 11.3 Å². The van der Waals surface area contributed by atoms with Gasteiger partial charge in [-0.3, -0.25) is 14.5 Å². The highest BCUT2D eigenvalue weighted by atomic mass is 79.9. The number of amides is 1. The lowest BCUT2D eigenvalue weighted by atomic mass is 9.94. The van der Waals surface area contributed by atoms with Crippen LogP contribution in [0.1, 0.15) is 45.0 Å². The van der Waals surface area contributed by atoms with E-state index in [9.17, 15) is 24.6 Å². The van der Waals surface area contributed by atoms with Gasteiger partial charge in [0.15, 0.2) is 16.6 Å². The normalized spacial score (nSPS) is 19.7. The molecule has 0 aliphatic carbocycles. The summed E-state index contributed by atoms with van der Waals surface area (Å²) in [5.74, 6) is -2.29. The van der Waals surface area contributed by atoms with Crippen molar-refractivity contribution in [3.63, 3.8) is 0 Å². The molecule has 3 heterocycles. The molecule has 0 spiro atoms. The molecule has 2 N–H and O–H groups in total. The number of aromatic nitrogens is 1. The second-order valence-corrected chi connectivity index (χ2v) is 10.9. The Bertz CT molecular complexity index is 1580. The van der Waals surface area contributed by atoms with Gasteiger partial charge in [-0.2, -0.15) is 0 Å². The molecule has 3 aromatic rings. The Kier molecular flexibility index (Phi) is 6.85. The van der Waals surface area contributed by atoms with Crippen molar-refractivity contribution in [2.45, 2.75) is 32.4 Å². The van der Waals surface area contributed by atoms with Crippen LogP contribution in [0.15, 0.2) is 40.4 Å². The number of esters is 1. The van der Waals surface area contributed by atoms with Gasteiger partial charge in [0.1, 0.15) is 22.5 Å². The number of rotatable bonds is 5. The van der Waals surface area contributed by atoms with E-state index < -0.39 is 23.7 Å². The molecule has 0 radical (unpaired) electrons. The fraction of sp³-hybridized carbons (Fsp3) is 0.259. The van der Waals surface area contributed by atoms with Crippen molar-refractivity contribution < 1.29 is 38.8 Å². The molecule has 0 unspecified atom stereocenters. The van der Waals surface area contributed by atoms with Crippen molar-refractivity contribution in [1.29, 1.82) is 0 Å². The Hall–Kier alpha value is -3.90. The number of hydrogen-bond donors (Lipinski definition) is 2. The van der Waals surface area contributed by atoms with Gasteiger partial charge < -0.3 is 24.4 Å². The summed E-state index contributed by atoms with van der Waals surface area (Å²) < 4.78 is 16.1. The quantitative estimate of drug-likeness (QED) is 0.182. The Labute approximate surface area is 235 Å². The van der Waals surface area contributed by atoms with E-state index in [1.54, 1.807) is 25.1 Å². The van der Waals surface area contributed by atoms with E-state index in [-0.39, 0.29) is 43.4 Å². The minimum absolute atomic E-state index is 0.0260. The zero-order chi connectivity index (χ0) is 28.2. The molecule has 202 valence electrons. The van der Waals surface area contributed by atoms with E-state index in [0.717, 1.165) is 21.8 Å². The third-order valence-electron chi connectivity index (χ3n) is 6.56. The topological polar surface area (TPSA) is 135 Å². The van der Waals surface area contributed by atoms with Crippen LogP contribution in [0.3, 0.4) is 0 Å². The van der Waals surface area contributed by atoms with E-state index in [0.29, 0.717) is 29.0 Å². The smallest absolute Gasteiger partial charge is 0.350 e. The van der Waals surface area contributed by atoms with Crippen LogP contribution < -0.4 is 14.4 Å². The number of anilines is 1. The number of aliphatic hydroxyl groups is 1. The summed E-state index contributed by atoms with van der Waals surface area (Å²) in [6.07, 6.45) is 0.604. The van der Waals surface area contributed by atoms with E-state index in [1.807, 2.05) is 6.92 Å². The number of thiazole rings is 1. The predicted octanol–water partition coefficient (Wildman–Crippen LogP) is 4.66. The standard InChI is InChI=1S/C27H23BrN2O8S/c1-11-7-14-8-13(5-6-17(14)38-11)21(31)19-20(15-9-16(28)22(32)18(10-15)36-3)30(25(34)23(19)33)27-29-12(2)24(39-27)26(35)37-4/h5-6,8-11,20,31-32H,7H2,1-4H3/t11-,20-/m1/s1. The van der Waals surface area contributed by atoms with Crippen LogP contribution >= 0.6 is 27.3 Å². The molecule has 2 atom stereocenters. The zero-order valence-electron chi connectivity index (χ0n) is 21.3. The van der Waals surface area contributed by atoms with Crippen molar-refractivity contribution in [1.82, 2.24) is 4.98 Å². The van der Waals surface area contributed by atoms with Gasteiger partial charge in [0.25, 0.3) is 5.78 Å². The number of methoxy groups -OCH3 is 2. The molecular weight excluding hydrogens is 592 g/mol. The third kappa shape index (κ3) is 4.43. The van der Waals surface area contributed by atoms with E-state index >= 15 is 0 Å². The molecule has 39 heavy (non-hydrogen) atoms. The number of aromatic hydroxyl groups is 1. The Balaban J connectivity index is 1.73. The van der Waals surface area contributed by atoms with Gasteiger partial charge in [-0.25, -0.2) is 9.78 Å². The van der Waals surface area contributed by atoms with Crippen LogP contribution in [0.2, 0.25) is 0 Å². The fourth-order valence-corrected chi connectivity index (χ4v) is 6.22. The second kappa shape index (κ2) is 10.0. The van der Waals surface area contributed by atoms with E-state index in [4.69, 9.17) is 14.2 Å². The van der Waals surface area contributed by atoms with E-state index in [2.05, 4.69) is 20.9 Å². The molecule has 0 bridgehead atoms. The summed E-state index contributed by atoms with van der Waals surface area (Å²) in [5.41, 5.74) is 1.69. The van der Waals surface area contributed by atoms with Crippen molar-refractivity contribution in [2.75, 3.05) is 19.1 Å². The minimum Gasteiger partial charge on any atom is -0.507 e. The number of benzene rings is 2. The van der Waals surface area contributed by atoms with Gasteiger partial charge >= 0.3 is 11.9 Å². The summed E-state index contributed by atoms with van der Waals surface area (Å²) in [6.45, 7) is 3.52. The average molecular weight is 615 g/mol. The molecule has 0 saturated carbocycles. The van der Waals surface area contributed by atoms with Gasteiger partial charge in [-0.05, 0) is 71.2 Å². The number of ketones is 1. The molecule has 1 fully saturated rings. The number of hydrogen-bond acceptors (Lipinski definition) is 10. The largest absolute Gasteiger partial charge is 0.507 e. The number of Topliss-reactive ketones (excluding diaryl/α,β-unsaturated/α-hetero) is 1. The summed E-state index contributed by atoms with van der Waals surface area (Å²) in [5, 5.41) is 22.0. The number of fused-ring (bicyclic) bond motifs is 1. The van der Waals surface area contributed by atoms with Crippen LogP contribution in [0, 0.1) is 6.92 Å². The summed E-state index contributed by atoms with van der Waals surface area (Å²) >= 11 is 4.18. The van der Waals surface area contributed by atoms with Crippen LogP contribution in [0.5, 0.6) is 17.2 Å². The van der Waals surface area contributed by atoms with Crippen LogP contribution in [0.4, 0.5) is 5.13 Å². The first-order valence-electron chi connectivity index (χ1n) is 11.8.